The zero-order valence-corrected chi connectivity index (χ0v) is 11.2. The summed E-state index contributed by atoms with van der Waals surface area (Å²) in [6.45, 7) is 4.13. The van der Waals surface area contributed by atoms with Crippen molar-refractivity contribution in [3.63, 3.8) is 0 Å². The van der Waals surface area contributed by atoms with Crippen molar-refractivity contribution in [2.24, 2.45) is 4.99 Å². The monoisotopic (exact) mass is 269 g/mol. The van der Waals surface area contributed by atoms with E-state index in [9.17, 15) is 9.59 Å². The Hall–Kier alpha value is -1.47. The third-order valence-electron chi connectivity index (χ3n) is 2.63. The zero-order chi connectivity index (χ0) is 13.1. The maximum atomic E-state index is 12.1. The second kappa shape index (κ2) is 5.45. The molecule has 1 aromatic heterocycles. The molecular formula is C11H15N3O3S. The van der Waals surface area contributed by atoms with Gasteiger partial charge in [-0.25, -0.2) is 9.79 Å². The molecule has 1 aliphatic rings. The van der Waals surface area contributed by atoms with Crippen LogP contribution in [0.5, 0.6) is 0 Å². The Kier molecular flexibility index (Phi) is 3.93. The number of thiazole rings is 1. The van der Waals surface area contributed by atoms with Gasteiger partial charge in [0.2, 0.25) is 0 Å². The molecule has 0 N–H and O–H groups in total. The van der Waals surface area contributed by atoms with Gasteiger partial charge in [0.15, 0.2) is 4.80 Å². The lowest BCUT2D eigenvalue weighted by molar-refractivity contribution is -0.133. The van der Waals surface area contributed by atoms with E-state index in [1.807, 2.05) is 0 Å². The molecule has 0 aromatic carbocycles. The number of aromatic nitrogens is 1. The second-order valence-corrected chi connectivity index (χ2v) is 4.99. The molecule has 0 amide bonds. The van der Waals surface area contributed by atoms with E-state index >= 15 is 0 Å². The van der Waals surface area contributed by atoms with Crippen molar-refractivity contribution in [3.8, 4) is 0 Å². The van der Waals surface area contributed by atoms with Gasteiger partial charge in [-0.3, -0.25) is 14.3 Å². The maximum absolute atomic E-state index is 12.1. The van der Waals surface area contributed by atoms with Crippen LogP contribution in [0.1, 0.15) is 13.3 Å². The van der Waals surface area contributed by atoms with E-state index in [1.165, 1.54) is 24.5 Å². The summed E-state index contributed by atoms with van der Waals surface area (Å²) in [6, 6.07) is 0. The van der Waals surface area contributed by atoms with Gasteiger partial charge < -0.3 is 4.74 Å². The Morgan fingerprint density at radius 1 is 1.61 bits per heavy atom. The fourth-order valence-corrected chi connectivity index (χ4v) is 2.70. The van der Waals surface area contributed by atoms with Crippen LogP contribution in [0.3, 0.4) is 0 Å². The molecular weight excluding hydrogens is 254 g/mol. The second-order valence-electron chi connectivity index (χ2n) is 3.98. The minimum atomic E-state index is -0.517. The molecule has 1 aliphatic heterocycles. The summed E-state index contributed by atoms with van der Waals surface area (Å²) in [6.07, 6.45) is 2.24. The first-order valence-electron chi connectivity index (χ1n) is 5.72. The van der Waals surface area contributed by atoms with Crippen LogP contribution in [0, 0.1) is 0 Å². The summed E-state index contributed by atoms with van der Waals surface area (Å²) in [5.41, 5.74) is -0.176. The summed E-state index contributed by atoms with van der Waals surface area (Å²) in [5, 5.41) is 0. The summed E-state index contributed by atoms with van der Waals surface area (Å²) in [5.74, 6) is -0.517. The number of hydrogen-bond donors (Lipinski definition) is 0. The predicted octanol–water partition coefficient (Wildman–Crippen LogP) is -0.876. The number of carbonyl (C=O) groups excluding carboxylic acids is 1. The van der Waals surface area contributed by atoms with Crippen molar-refractivity contribution in [1.29, 1.82) is 0 Å². The smallest absolute Gasteiger partial charge is 0.332 e. The minimum Gasteiger partial charge on any atom is -0.466 e. The maximum Gasteiger partial charge on any atom is 0.332 e. The van der Waals surface area contributed by atoms with Gasteiger partial charge in [0.05, 0.1) is 20.4 Å². The van der Waals surface area contributed by atoms with E-state index in [2.05, 4.69) is 21.6 Å². The molecule has 7 heteroatoms. The van der Waals surface area contributed by atoms with Gasteiger partial charge in [-0.2, -0.15) is 0 Å². The largest absolute Gasteiger partial charge is 0.466 e. The standard InChI is InChI=1S/C11H15N3O3S/c1-3-4-13-6-12-11-14(7-13)10(16)8(18-11)5-9(15)17-2/h5H,3-4,6-7H2,1-2H3/b8-5-. The predicted molar refractivity (Wildman–Crippen MR) is 67.7 cm³/mol. The van der Waals surface area contributed by atoms with E-state index in [0.717, 1.165) is 13.0 Å². The molecule has 18 heavy (non-hydrogen) atoms. The van der Waals surface area contributed by atoms with Crippen molar-refractivity contribution >= 4 is 23.4 Å². The van der Waals surface area contributed by atoms with Crippen molar-refractivity contribution in [2.45, 2.75) is 20.0 Å². The van der Waals surface area contributed by atoms with Crippen LogP contribution in [0.25, 0.3) is 6.08 Å². The number of fused-ring (bicyclic) bond motifs is 1. The van der Waals surface area contributed by atoms with Gasteiger partial charge in [-0.05, 0) is 6.42 Å². The van der Waals surface area contributed by atoms with Crippen LogP contribution in [0.4, 0.5) is 0 Å². The average molecular weight is 269 g/mol. The highest BCUT2D eigenvalue weighted by Gasteiger charge is 2.14. The SMILES string of the molecule is CCCN1CN=c2s/c(=C\C(=O)OC)c(=O)n2C1. The van der Waals surface area contributed by atoms with Crippen LogP contribution in [-0.2, 0) is 16.2 Å². The third kappa shape index (κ3) is 2.51. The number of carbonyl (C=O) groups is 1. The molecule has 6 nitrogen and oxygen atoms in total. The van der Waals surface area contributed by atoms with Gasteiger partial charge in [0.1, 0.15) is 4.53 Å². The molecule has 0 bridgehead atoms. The van der Waals surface area contributed by atoms with Crippen molar-refractivity contribution < 1.29 is 9.53 Å². The molecule has 98 valence electrons. The van der Waals surface area contributed by atoms with E-state index in [-0.39, 0.29) is 5.56 Å². The van der Waals surface area contributed by atoms with E-state index in [4.69, 9.17) is 0 Å². The van der Waals surface area contributed by atoms with E-state index in [0.29, 0.717) is 22.7 Å². The summed E-state index contributed by atoms with van der Waals surface area (Å²) in [7, 11) is 1.29. The Balaban J connectivity index is 2.40. The fourth-order valence-electron chi connectivity index (χ4n) is 1.78. The summed E-state index contributed by atoms with van der Waals surface area (Å²) in [4.78, 5) is 30.3. The Bertz CT molecular complexity index is 616. The number of hydrogen-bond acceptors (Lipinski definition) is 6. The molecule has 0 atom stereocenters. The van der Waals surface area contributed by atoms with Crippen LogP contribution < -0.4 is 14.9 Å². The molecule has 0 radical (unpaired) electrons. The Morgan fingerprint density at radius 3 is 3.06 bits per heavy atom. The number of methoxy groups -OCH3 is 1. The molecule has 2 heterocycles. The van der Waals surface area contributed by atoms with Gasteiger partial charge >= 0.3 is 5.97 Å². The fraction of sp³-hybridized carbons (Fsp3) is 0.545. The van der Waals surface area contributed by atoms with E-state index in [1.54, 1.807) is 4.57 Å². The van der Waals surface area contributed by atoms with Crippen molar-refractivity contribution in [2.75, 3.05) is 20.3 Å². The minimum absolute atomic E-state index is 0.176. The molecule has 2 rings (SSSR count). The molecule has 0 unspecified atom stereocenters. The number of rotatable bonds is 3. The first-order valence-corrected chi connectivity index (χ1v) is 6.53. The van der Waals surface area contributed by atoms with Crippen molar-refractivity contribution in [1.82, 2.24) is 9.47 Å². The van der Waals surface area contributed by atoms with Crippen LogP contribution in [0.15, 0.2) is 9.79 Å². The third-order valence-corrected chi connectivity index (χ3v) is 3.67. The molecule has 0 aliphatic carbocycles. The quantitative estimate of drug-likeness (QED) is 0.669. The molecule has 0 saturated heterocycles. The topological polar surface area (TPSA) is 63.9 Å². The van der Waals surface area contributed by atoms with Gasteiger partial charge in [0, 0.05) is 12.6 Å². The molecule has 0 spiro atoms. The highest BCUT2D eigenvalue weighted by Crippen LogP contribution is 1.97. The number of ether oxygens (including phenoxy) is 1. The van der Waals surface area contributed by atoms with Crippen molar-refractivity contribution in [3.05, 3.63) is 19.7 Å². The van der Waals surface area contributed by atoms with Gasteiger partial charge in [-0.15, -0.1) is 0 Å². The first-order chi connectivity index (χ1) is 8.65. The molecule has 0 fully saturated rings. The normalized spacial score (nSPS) is 16.2. The number of nitrogens with zero attached hydrogens (tertiary/aromatic N) is 3. The highest BCUT2D eigenvalue weighted by atomic mass is 32.1. The van der Waals surface area contributed by atoms with E-state index < -0.39 is 5.97 Å². The Morgan fingerprint density at radius 2 is 2.39 bits per heavy atom. The summed E-state index contributed by atoms with van der Waals surface area (Å²) >= 11 is 1.23. The van der Waals surface area contributed by atoms with Gasteiger partial charge in [-0.1, -0.05) is 18.3 Å². The lowest BCUT2D eigenvalue weighted by atomic mass is 10.4. The Labute approximate surface area is 108 Å². The lowest BCUT2D eigenvalue weighted by Gasteiger charge is -2.22. The molecule has 0 saturated carbocycles. The van der Waals surface area contributed by atoms with Crippen LogP contribution >= 0.6 is 11.3 Å². The lowest BCUT2D eigenvalue weighted by Crippen LogP contribution is -2.42. The molecule has 1 aromatic rings. The van der Waals surface area contributed by atoms with Crippen LogP contribution in [-0.4, -0.2) is 35.8 Å². The van der Waals surface area contributed by atoms with Gasteiger partial charge in [0.25, 0.3) is 5.56 Å². The number of esters is 1. The average Bonchev–Trinajstić information content (AvgIpc) is 2.67. The van der Waals surface area contributed by atoms with Crippen LogP contribution in [0.2, 0.25) is 0 Å². The highest BCUT2D eigenvalue weighted by molar-refractivity contribution is 7.07. The first kappa shape index (κ1) is 13.0. The summed E-state index contributed by atoms with van der Waals surface area (Å²) < 4.78 is 6.49. The zero-order valence-electron chi connectivity index (χ0n) is 10.4.